The second-order valence-corrected chi connectivity index (χ2v) is 8.59. The predicted molar refractivity (Wildman–Crippen MR) is 112 cm³/mol. The highest BCUT2D eigenvalue weighted by atomic mass is 32.2. The number of nitrogens with one attached hydrogen (secondary N) is 1. The molecule has 0 radical (unpaired) electrons. The van der Waals surface area contributed by atoms with Gasteiger partial charge in [-0.05, 0) is 66.4 Å². The van der Waals surface area contributed by atoms with Gasteiger partial charge in [-0.3, -0.25) is 4.72 Å². The minimum Gasteiger partial charge on any atom is -0.478 e. The molecule has 0 aliphatic heterocycles. The molecule has 3 aromatic rings. The van der Waals surface area contributed by atoms with Crippen LogP contribution in [0.15, 0.2) is 65.6 Å². The summed E-state index contributed by atoms with van der Waals surface area (Å²) in [7, 11) is -4.05. The zero-order valence-electron chi connectivity index (χ0n) is 16.9. The van der Waals surface area contributed by atoms with Crippen molar-refractivity contribution < 1.29 is 36.2 Å². The Morgan fingerprint density at radius 2 is 1.44 bits per heavy atom. The standard InChI is InChI=1S/C22H18F3NO5S/c1-13-3-12-19(14(2)20(13)21(27)28)32(29,30)26-17-8-4-15(5-9-17)16-6-10-18(11-7-16)31-22(23,24)25/h3-12,26H,1-2H3,(H,27,28). The SMILES string of the molecule is Cc1ccc(S(=O)(=O)Nc2ccc(-c3ccc(OC(F)(F)F)cc3)cc2)c(C)c1C(=O)O. The number of hydrogen-bond donors (Lipinski definition) is 2. The molecule has 6 nitrogen and oxygen atoms in total. The summed E-state index contributed by atoms with van der Waals surface area (Å²) in [4.78, 5) is 11.3. The highest BCUT2D eigenvalue weighted by molar-refractivity contribution is 7.92. The fourth-order valence-electron chi connectivity index (χ4n) is 3.24. The van der Waals surface area contributed by atoms with E-state index in [1.807, 2.05) is 0 Å². The molecule has 0 unspecified atom stereocenters. The van der Waals surface area contributed by atoms with Crippen LogP contribution in [-0.2, 0) is 10.0 Å². The van der Waals surface area contributed by atoms with Crippen LogP contribution in [0.5, 0.6) is 5.75 Å². The first-order valence-electron chi connectivity index (χ1n) is 9.20. The largest absolute Gasteiger partial charge is 0.573 e. The van der Waals surface area contributed by atoms with E-state index in [0.29, 0.717) is 16.7 Å². The number of benzene rings is 3. The maximum Gasteiger partial charge on any atom is 0.573 e. The fraction of sp³-hybridized carbons (Fsp3) is 0.136. The van der Waals surface area contributed by atoms with Gasteiger partial charge in [0, 0.05) is 5.69 Å². The van der Waals surface area contributed by atoms with Crippen LogP contribution >= 0.6 is 0 Å². The molecule has 3 rings (SSSR count). The van der Waals surface area contributed by atoms with Crippen molar-refractivity contribution in [1.82, 2.24) is 0 Å². The number of anilines is 1. The first-order valence-corrected chi connectivity index (χ1v) is 10.7. The summed E-state index contributed by atoms with van der Waals surface area (Å²) >= 11 is 0. The lowest BCUT2D eigenvalue weighted by Crippen LogP contribution is -2.17. The van der Waals surface area contributed by atoms with Gasteiger partial charge < -0.3 is 9.84 Å². The summed E-state index contributed by atoms with van der Waals surface area (Å²) in [5.74, 6) is -1.56. The molecule has 0 aliphatic rings. The number of rotatable bonds is 6. The molecule has 0 aromatic heterocycles. The van der Waals surface area contributed by atoms with Crippen molar-refractivity contribution in [1.29, 1.82) is 0 Å². The number of carbonyl (C=O) groups is 1. The number of sulfonamides is 1. The van der Waals surface area contributed by atoms with Crippen molar-refractivity contribution in [2.45, 2.75) is 25.1 Å². The van der Waals surface area contributed by atoms with Gasteiger partial charge in [0.2, 0.25) is 0 Å². The van der Waals surface area contributed by atoms with Crippen molar-refractivity contribution in [3.8, 4) is 16.9 Å². The number of alkyl halides is 3. The predicted octanol–water partition coefficient (Wildman–Crippen LogP) is 5.37. The average molecular weight is 465 g/mol. The molecule has 0 heterocycles. The van der Waals surface area contributed by atoms with Crippen LogP contribution in [0.25, 0.3) is 11.1 Å². The van der Waals surface area contributed by atoms with Gasteiger partial charge in [0.05, 0.1) is 10.5 Å². The molecule has 10 heteroatoms. The summed E-state index contributed by atoms with van der Waals surface area (Å²) in [6.45, 7) is 3.01. The van der Waals surface area contributed by atoms with E-state index >= 15 is 0 Å². The fourth-order valence-corrected chi connectivity index (χ4v) is 4.55. The molecular weight excluding hydrogens is 447 g/mol. The van der Waals surface area contributed by atoms with E-state index in [0.717, 1.165) is 0 Å². The lowest BCUT2D eigenvalue weighted by molar-refractivity contribution is -0.274. The normalized spacial score (nSPS) is 11.8. The van der Waals surface area contributed by atoms with E-state index in [1.54, 1.807) is 19.1 Å². The maximum absolute atomic E-state index is 12.8. The molecule has 32 heavy (non-hydrogen) atoms. The number of halogens is 3. The topological polar surface area (TPSA) is 92.7 Å². The molecule has 0 atom stereocenters. The Balaban J connectivity index is 1.81. The average Bonchev–Trinajstić information content (AvgIpc) is 2.67. The third-order valence-electron chi connectivity index (χ3n) is 4.69. The van der Waals surface area contributed by atoms with E-state index in [9.17, 15) is 31.5 Å². The third kappa shape index (κ3) is 5.20. The Morgan fingerprint density at radius 1 is 0.906 bits per heavy atom. The number of ether oxygens (including phenoxy) is 1. The number of aromatic carboxylic acids is 1. The minimum atomic E-state index is -4.78. The lowest BCUT2D eigenvalue weighted by atomic mass is 10.0. The van der Waals surface area contributed by atoms with E-state index in [-0.39, 0.29) is 27.5 Å². The van der Waals surface area contributed by atoms with Crippen molar-refractivity contribution in [3.63, 3.8) is 0 Å². The van der Waals surface area contributed by atoms with Crippen LogP contribution in [0.2, 0.25) is 0 Å². The second kappa shape index (κ2) is 8.54. The molecule has 0 amide bonds. The smallest absolute Gasteiger partial charge is 0.478 e. The highest BCUT2D eigenvalue weighted by Gasteiger charge is 2.31. The Hall–Kier alpha value is -3.53. The first kappa shape index (κ1) is 23.1. The van der Waals surface area contributed by atoms with Crippen LogP contribution in [-0.4, -0.2) is 25.9 Å². The lowest BCUT2D eigenvalue weighted by Gasteiger charge is -2.14. The molecule has 0 aliphatic carbocycles. The molecule has 0 bridgehead atoms. The van der Waals surface area contributed by atoms with Crippen molar-refractivity contribution in [2.24, 2.45) is 0 Å². The highest BCUT2D eigenvalue weighted by Crippen LogP contribution is 2.28. The van der Waals surface area contributed by atoms with Crippen LogP contribution in [0.1, 0.15) is 21.5 Å². The van der Waals surface area contributed by atoms with Gasteiger partial charge in [-0.1, -0.05) is 30.3 Å². The van der Waals surface area contributed by atoms with Crippen molar-refractivity contribution in [2.75, 3.05) is 4.72 Å². The molecule has 0 spiro atoms. The Kier molecular flexibility index (Phi) is 6.18. The number of hydrogen-bond acceptors (Lipinski definition) is 4. The maximum atomic E-state index is 12.8. The van der Waals surface area contributed by atoms with Crippen molar-refractivity contribution >= 4 is 21.7 Å². The second-order valence-electron chi connectivity index (χ2n) is 6.94. The zero-order valence-corrected chi connectivity index (χ0v) is 17.7. The van der Waals surface area contributed by atoms with Gasteiger partial charge in [0.1, 0.15) is 5.75 Å². The zero-order chi connectivity index (χ0) is 23.7. The van der Waals surface area contributed by atoms with Gasteiger partial charge in [-0.25, -0.2) is 13.2 Å². The summed E-state index contributed by atoms with van der Waals surface area (Å²) < 4.78 is 68.7. The minimum absolute atomic E-state index is 0.0684. The van der Waals surface area contributed by atoms with E-state index in [2.05, 4.69) is 9.46 Å². The van der Waals surface area contributed by atoms with Gasteiger partial charge >= 0.3 is 12.3 Å². The van der Waals surface area contributed by atoms with Gasteiger partial charge in [-0.15, -0.1) is 13.2 Å². The van der Waals surface area contributed by atoms with Crippen LogP contribution in [0, 0.1) is 13.8 Å². The van der Waals surface area contributed by atoms with E-state index in [4.69, 9.17) is 0 Å². The number of aryl methyl sites for hydroxylation is 1. The summed E-state index contributed by atoms with van der Waals surface area (Å²) in [5.41, 5.74) is 2.00. The van der Waals surface area contributed by atoms with Gasteiger partial charge in [-0.2, -0.15) is 0 Å². The molecule has 0 saturated carbocycles. The molecule has 0 fully saturated rings. The number of carboxylic acid groups (broad SMARTS) is 1. The van der Waals surface area contributed by atoms with E-state index in [1.165, 1.54) is 55.5 Å². The third-order valence-corrected chi connectivity index (χ3v) is 6.21. The van der Waals surface area contributed by atoms with Gasteiger partial charge in [0.15, 0.2) is 0 Å². The Morgan fingerprint density at radius 3 is 1.94 bits per heavy atom. The summed E-state index contributed by atoms with van der Waals surface area (Å²) in [6, 6.07) is 14.2. The van der Waals surface area contributed by atoms with Crippen LogP contribution in [0.4, 0.5) is 18.9 Å². The first-order chi connectivity index (χ1) is 14.9. The molecule has 3 aromatic carbocycles. The van der Waals surface area contributed by atoms with Gasteiger partial charge in [0.25, 0.3) is 10.0 Å². The number of carboxylic acids is 1. The molecular formula is C22H18F3NO5S. The summed E-state index contributed by atoms with van der Waals surface area (Å²) in [6.07, 6.45) is -4.78. The molecule has 0 saturated heterocycles. The van der Waals surface area contributed by atoms with Crippen LogP contribution < -0.4 is 9.46 Å². The quantitative estimate of drug-likeness (QED) is 0.511. The van der Waals surface area contributed by atoms with E-state index < -0.39 is 22.4 Å². The Labute approximate surface area is 182 Å². The monoisotopic (exact) mass is 465 g/mol. The summed E-state index contributed by atoms with van der Waals surface area (Å²) in [5, 5.41) is 9.36. The molecule has 2 N–H and O–H groups in total. The molecule has 168 valence electrons. The Bertz CT molecular complexity index is 1250. The van der Waals surface area contributed by atoms with Crippen molar-refractivity contribution in [3.05, 3.63) is 77.4 Å². The van der Waals surface area contributed by atoms with Crippen LogP contribution in [0.3, 0.4) is 0 Å².